The summed E-state index contributed by atoms with van der Waals surface area (Å²) < 4.78 is 22.4. The highest BCUT2D eigenvalue weighted by atomic mass is 32.2. The molecule has 0 aliphatic rings. The van der Waals surface area contributed by atoms with Gasteiger partial charge < -0.3 is 11.1 Å². The molecule has 1 aromatic carbocycles. The smallest absolute Gasteiger partial charge is 0.154 e. The average molecular weight is 286 g/mol. The monoisotopic (exact) mass is 286 g/mol. The van der Waals surface area contributed by atoms with Gasteiger partial charge in [-0.1, -0.05) is 24.4 Å². The number of nitrogens with two attached hydrogens (primary N) is 1. The molecule has 0 saturated carbocycles. The number of hydrogen-bond donors (Lipinski definition) is 2. The molecule has 18 heavy (non-hydrogen) atoms. The number of benzene rings is 1. The molecule has 0 heterocycles. The van der Waals surface area contributed by atoms with E-state index in [1.54, 1.807) is 19.9 Å². The Morgan fingerprint density at radius 1 is 1.39 bits per heavy atom. The zero-order chi connectivity index (χ0) is 14.0. The third-order valence-corrected chi connectivity index (χ3v) is 5.27. The van der Waals surface area contributed by atoms with Crippen molar-refractivity contribution in [1.82, 2.24) is 0 Å². The van der Waals surface area contributed by atoms with Crippen LogP contribution in [0.2, 0.25) is 0 Å². The number of anilines is 1. The SMILES string of the molecule is CC(C)(CNc1ccccc1C(N)=S)S(C)(=O)=O. The van der Waals surface area contributed by atoms with Gasteiger partial charge in [-0.3, -0.25) is 0 Å². The fourth-order valence-electron chi connectivity index (χ4n) is 1.29. The van der Waals surface area contributed by atoms with Crippen molar-refractivity contribution in [1.29, 1.82) is 0 Å². The van der Waals surface area contributed by atoms with Crippen LogP contribution >= 0.6 is 12.2 Å². The number of nitrogens with one attached hydrogen (secondary N) is 1. The third kappa shape index (κ3) is 3.43. The lowest BCUT2D eigenvalue weighted by Gasteiger charge is -2.24. The van der Waals surface area contributed by atoms with Gasteiger partial charge >= 0.3 is 0 Å². The topological polar surface area (TPSA) is 72.2 Å². The highest BCUT2D eigenvalue weighted by Gasteiger charge is 2.29. The molecule has 100 valence electrons. The lowest BCUT2D eigenvalue weighted by molar-refractivity contribution is 0.560. The average Bonchev–Trinajstić information content (AvgIpc) is 2.25. The lowest BCUT2D eigenvalue weighted by atomic mass is 10.1. The molecule has 6 heteroatoms. The second-order valence-electron chi connectivity index (χ2n) is 4.80. The molecule has 0 fully saturated rings. The van der Waals surface area contributed by atoms with Crippen molar-refractivity contribution < 1.29 is 8.42 Å². The predicted molar refractivity (Wildman–Crippen MR) is 79.7 cm³/mol. The van der Waals surface area contributed by atoms with E-state index in [2.05, 4.69) is 5.32 Å². The number of rotatable bonds is 5. The minimum Gasteiger partial charge on any atom is -0.389 e. The van der Waals surface area contributed by atoms with Crippen LogP contribution < -0.4 is 11.1 Å². The minimum absolute atomic E-state index is 0.287. The van der Waals surface area contributed by atoms with Gasteiger partial charge in [-0.2, -0.15) is 0 Å². The molecule has 3 N–H and O–H groups in total. The summed E-state index contributed by atoms with van der Waals surface area (Å²) in [4.78, 5) is 0.287. The first kappa shape index (κ1) is 14.9. The van der Waals surface area contributed by atoms with E-state index in [9.17, 15) is 8.42 Å². The van der Waals surface area contributed by atoms with Gasteiger partial charge in [0.25, 0.3) is 0 Å². The van der Waals surface area contributed by atoms with Crippen molar-refractivity contribution in [3.05, 3.63) is 29.8 Å². The van der Waals surface area contributed by atoms with E-state index in [1.165, 1.54) is 6.26 Å². The number of thiocarbonyl (C=S) groups is 1. The van der Waals surface area contributed by atoms with Gasteiger partial charge in [-0.05, 0) is 26.0 Å². The maximum Gasteiger partial charge on any atom is 0.154 e. The molecule has 1 aromatic rings. The van der Waals surface area contributed by atoms with Crippen LogP contribution in [0.4, 0.5) is 5.69 Å². The zero-order valence-corrected chi connectivity index (χ0v) is 12.4. The molecule has 1 rings (SSSR count). The molecule has 0 spiro atoms. The summed E-state index contributed by atoms with van der Waals surface area (Å²) in [5.41, 5.74) is 7.08. The summed E-state index contributed by atoms with van der Waals surface area (Å²) in [5, 5.41) is 3.09. The summed E-state index contributed by atoms with van der Waals surface area (Å²) in [5.74, 6) is 0. The van der Waals surface area contributed by atoms with E-state index >= 15 is 0 Å². The first-order valence-electron chi connectivity index (χ1n) is 5.47. The van der Waals surface area contributed by atoms with Crippen LogP contribution in [0.3, 0.4) is 0 Å². The summed E-state index contributed by atoms with van der Waals surface area (Å²) in [6.07, 6.45) is 1.23. The summed E-state index contributed by atoms with van der Waals surface area (Å²) >= 11 is 4.95. The molecule has 0 atom stereocenters. The van der Waals surface area contributed by atoms with E-state index in [0.29, 0.717) is 6.54 Å². The van der Waals surface area contributed by atoms with E-state index in [4.69, 9.17) is 18.0 Å². The molecule has 0 amide bonds. The Hall–Kier alpha value is -1.14. The Morgan fingerprint density at radius 2 is 1.94 bits per heavy atom. The van der Waals surface area contributed by atoms with Crippen molar-refractivity contribution in [3.63, 3.8) is 0 Å². The van der Waals surface area contributed by atoms with Crippen LogP contribution in [0, 0.1) is 0 Å². The van der Waals surface area contributed by atoms with Gasteiger partial charge in [-0.15, -0.1) is 0 Å². The quantitative estimate of drug-likeness (QED) is 0.804. The molecule has 0 unspecified atom stereocenters. The van der Waals surface area contributed by atoms with Crippen molar-refractivity contribution in [2.24, 2.45) is 5.73 Å². The van der Waals surface area contributed by atoms with Crippen molar-refractivity contribution in [2.75, 3.05) is 18.1 Å². The second-order valence-corrected chi connectivity index (χ2v) is 7.88. The molecule has 4 nitrogen and oxygen atoms in total. The van der Waals surface area contributed by atoms with Crippen LogP contribution in [-0.2, 0) is 9.84 Å². The predicted octanol–water partition coefficient (Wildman–Crippen LogP) is 1.56. The van der Waals surface area contributed by atoms with E-state index in [0.717, 1.165) is 11.3 Å². The largest absolute Gasteiger partial charge is 0.389 e. The summed E-state index contributed by atoms with van der Waals surface area (Å²) in [6, 6.07) is 7.31. The molecule has 0 bridgehead atoms. The Bertz CT molecular complexity index is 551. The second kappa shape index (κ2) is 5.24. The normalized spacial score (nSPS) is 12.2. The van der Waals surface area contributed by atoms with Crippen molar-refractivity contribution >= 4 is 32.7 Å². The van der Waals surface area contributed by atoms with Crippen LogP contribution in [0.25, 0.3) is 0 Å². The van der Waals surface area contributed by atoms with Crippen LogP contribution in [0.15, 0.2) is 24.3 Å². The molecule has 0 aliphatic heterocycles. The molecule has 0 aromatic heterocycles. The fraction of sp³-hybridized carbons (Fsp3) is 0.417. The molecular weight excluding hydrogens is 268 g/mol. The highest BCUT2D eigenvalue weighted by molar-refractivity contribution is 7.92. The van der Waals surface area contributed by atoms with Crippen molar-refractivity contribution in [3.8, 4) is 0 Å². The standard InChI is InChI=1S/C12H18N2O2S2/c1-12(2,18(3,15)16)8-14-10-7-5-4-6-9(10)11(13)17/h4-7,14H,8H2,1-3H3,(H2,13,17). The minimum atomic E-state index is -3.13. The number of para-hydroxylation sites is 1. The maximum absolute atomic E-state index is 11.6. The van der Waals surface area contributed by atoms with Crippen molar-refractivity contribution in [2.45, 2.75) is 18.6 Å². The van der Waals surface area contributed by atoms with Crippen LogP contribution in [-0.4, -0.2) is 31.0 Å². The first-order chi connectivity index (χ1) is 8.15. The van der Waals surface area contributed by atoms with Crippen LogP contribution in [0.1, 0.15) is 19.4 Å². The van der Waals surface area contributed by atoms with Gasteiger partial charge in [0.2, 0.25) is 0 Å². The first-order valence-corrected chi connectivity index (χ1v) is 7.77. The molecule has 0 radical (unpaired) electrons. The fourth-order valence-corrected chi connectivity index (χ4v) is 1.80. The molecular formula is C12H18N2O2S2. The Morgan fingerprint density at radius 3 is 2.44 bits per heavy atom. The maximum atomic E-state index is 11.6. The highest BCUT2D eigenvalue weighted by Crippen LogP contribution is 2.19. The summed E-state index contributed by atoms with van der Waals surface area (Å²) in [7, 11) is -3.13. The third-order valence-electron chi connectivity index (χ3n) is 2.90. The van der Waals surface area contributed by atoms with E-state index in [-0.39, 0.29) is 4.99 Å². The zero-order valence-electron chi connectivity index (χ0n) is 10.7. The van der Waals surface area contributed by atoms with Gasteiger partial charge in [0.05, 0.1) is 4.75 Å². The van der Waals surface area contributed by atoms with E-state index in [1.807, 2.05) is 18.2 Å². The molecule has 0 aliphatic carbocycles. The Labute approximate surface area is 113 Å². The van der Waals surface area contributed by atoms with Gasteiger partial charge in [0.15, 0.2) is 9.84 Å². The molecule has 0 saturated heterocycles. The van der Waals surface area contributed by atoms with Crippen LogP contribution in [0.5, 0.6) is 0 Å². The number of sulfone groups is 1. The Kier molecular flexibility index (Phi) is 4.34. The number of hydrogen-bond acceptors (Lipinski definition) is 4. The van der Waals surface area contributed by atoms with Gasteiger partial charge in [0.1, 0.15) is 4.99 Å². The summed E-state index contributed by atoms with van der Waals surface area (Å²) in [6.45, 7) is 3.66. The van der Waals surface area contributed by atoms with Gasteiger partial charge in [-0.25, -0.2) is 8.42 Å². The van der Waals surface area contributed by atoms with E-state index < -0.39 is 14.6 Å². The lowest BCUT2D eigenvalue weighted by Crippen LogP contribution is -2.38. The van der Waals surface area contributed by atoms with Gasteiger partial charge in [0, 0.05) is 24.1 Å². The Balaban J connectivity index is 2.91.